The summed E-state index contributed by atoms with van der Waals surface area (Å²) in [5.41, 5.74) is 0.720. The maximum atomic E-state index is 13.0. The van der Waals surface area contributed by atoms with Crippen molar-refractivity contribution in [1.29, 1.82) is 0 Å². The molecule has 4 rings (SSSR count). The van der Waals surface area contributed by atoms with Crippen molar-refractivity contribution in [1.82, 2.24) is 10.3 Å². The summed E-state index contributed by atoms with van der Waals surface area (Å²) in [5, 5.41) is 2.74. The standard InChI is InChI=1S/C20H17N3O4/c24-17(22-12-15-8-5-11-26-15)13-23-19-16(9-4-10-21-19)27-18(20(23)25)14-6-2-1-3-7-14/h1-11,18H,12-13H2,(H,22,24). The van der Waals surface area contributed by atoms with Crippen molar-refractivity contribution in [2.24, 2.45) is 0 Å². The molecule has 0 fully saturated rings. The number of anilines is 1. The molecule has 0 bridgehead atoms. The molecule has 2 aromatic heterocycles. The van der Waals surface area contributed by atoms with Gasteiger partial charge in [0.25, 0.3) is 5.91 Å². The second-order valence-electron chi connectivity index (χ2n) is 6.01. The topological polar surface area (TPSA) is 84.7 Å². The summed E-state index contributed by atoms with van der Waals surface area (Å²) in [5.74, 6) is 0.788. The maximum absolute atomic E-state index is 13.0. The van der Waals surface area contributed by atoms with Crippen LogP contribution in [-0.4, -0.2) is 23.3 Å². The first-order valence-corrected chi connectivity index (χ1v) is 8.49. The number of nitrogens with one attached hydrogen (secondary N) is 1. The average molecular weight is 363 g/mol. The van der Waals surface area contributed by atoms with Crippen LogP contribution in [0.25, 0.3) is 0 Å². The molecule has 136 valence electrons. The molecule has 0 radical (unpaired) electrons. The minimum absolute atomic E-state index is 0.156. The van der Waals surface area contributed by atoms with Crippen molar-refractivity contribution in [3.63, 3.8) is 0 Å². The summed E-state index contributed by atoms with van der Waals surface area (Å²) in [6.07, 6.45) is 2.28. The summed E-state index contributed by atoms with van der Waals surface area (Å²) in [4.78, 5) is 31.0. The summed E-state index contributed by atoms with van der Waals surface area (Å²) >= 11 is 0. The van der Waals surface area contributed by atoms with Crippen LogP contribution in [0.2, 0.25) is 0 Å². The Kier molecular flexibility index (Phi) is 4.57. The van der Waals surface area contributed by atoms with E-state index in [4.69, 9.17) is 9.15 Å². The molecule has 27 heavy (non-hydrogen) atoms. The number of benzene rings is 1. The van der Waals surface area contributed by atoms with Crippen LogP contribution in [0.4, 0.5) is 5.82 Å². The number of pyridine rings is 1. The zero-order valence-electron chi connectivity index (χ0n) is 14.4. The predicted octanol–water partition coefficient (Wildman–Crippen LogP) is 2.46. The van der Waals surface area contributed by atoms with Crippen LogP contribution < -0.4 is 15.0 Å². The molecule has 3 heterocycles. The second-order valence-corrected chi connectivity index (χ2v) is 6.01. The molecule has 7 heteroatoms. The van der Waals surface area contributed by atoms with Crippen LogP contribution >= 0.6 is 0 Å². The zero-order chi connectivity index (χ0) is 18.6. The number of amides is 2. The van der Waals surface area contributed by atoms with Gasteiger partial charge in [-0.2, -0.15) is 0 Å². The van der Waals surface area contributed by atoms with E-state index in [1.54, 1.807) is 30.5 Å². The van der Waals surface area contributed by atoms with Crippen LogP contribution in [0.3, 0.4) is 0 Å². The van der Waals surface area contributed by atoms with Crippen LogP contribution in [0.15, 0.2) is 71.5 Å². The maximum Gasteiger partial charge on any atom is 0.274 e. The van der Waals surface area contributed by atoms with Crippen molar-refractivity contribution < 1.29 is 18.7 Å². The minimum Gasteiger partial charge on any atom is -0.472 e. The number of ether oxygens (including phenoxy) is 1. The van der Waals surface area contributed by atoms with Crippen LogP contribution in [0.5, 0.6) is 5.75 Å². The fourth-order valence-electron chi connectivity index (χ4n) is 2.89. The Bertz CT molecular complexity index is 941. The van der Waals surface area contributed by atoms with Gasteiger partial charge in [0.2, 0.25) is 12.0 Å². The lowest BCUT2D eigenvalue weighted by molar-refractivity contribution is -0.129. The van der Waals surface area contributed by atoms with Gasteiger partial charge in [0.05, 0.1) is 12.8 Å². The van der Waals surface area contributed by atoms with Gasteiger partial charge >= 0.3 is 0 Å². The van der Waals surface area contributed by atoms with Gasteiger partial charge in [0, 0.05) is 11.8 Å². The highest BCUT2D eigenvalue weighted by atomic mass is 16.5. The Morgan fingerprint density at radius 1 is 1.11 bits per heavy atom. The van der Waals surface area contributed by atoms with E-state index >= 15 is 0 Å². The Balaban J connectivity index is 1.56. The van der Waals surface area contributed by atoms with Gasteiger partial charge in [-0.3, -0.25) is 14.5 Å². The summed E-state index contributed by atoms with van der Waals surface area (Å²) in [6.45, 7) is 0.0950. The van der Waals surface area contributed by atoms with Crippen LogP contribution in [0, 0.1) is 0 Å². The molecule has 1 N–H and O–H groups in total. The third-order valence-electron chi connectivity index (χ3n) is 4.19. The first kappa shape index (κ1) is 16.8. The van der Waals surface area contributed by atoms with Crippen molar-refractivity contribution in [2.75, 3.05) is 11.4 Å². The third kappa shape index (κ3) is 3.52. The molecule has 1 unspecified atom stereocenters. The van der Waals surface area contributed by atoms with Gasteiger partial charge in [0.1, 0.15) is 12.3 Å². The molecule has 1 aliphatic rings. The van der Waals surface area contributed by atoms with E-state index in [-0.39, 0.29) is 24.9 Å². The Morgan fingerprint density at radius 2 is 1.96 bits per heavy atom. The number of rotatable bonds is 5. The quantitative estimate of drug-likeness (QED) is 0.753. The molecule has 1 aliphatic heterocycles. The molecule has 1 aromatic carbocycles. The Hall–Kier alpha value is -3.61. The number of hydrogen-bond acceptors (Lipinski definition) is 5. The fraction of sp³-hybridized carbons (Fsp3) is 0.150. The average Bonchev–Trinajstić information content (AvgIpc) is 3.23. The highest BCUT2D eigenvalue weighted by Gasteiger charge is 2.37. The van der Waals surface area contributed by atoms with E-state index in [2.05, 4.69) is 10.3 Å². The molecule has 1 atom stereocenters. The number of nitrogens with zero attached hydrogens (tertiary/aromatic N) is 2. The number of hydrogen-bond donors (Lipinski definition) is 1. The SMILES string of the molecule is O=C(CN1C(=O)C(c2ccccc2)Oc2cccnc21)NCc1ccco1. The van der Waals surface area contributed by atoms with Gasteiger partial charge in [0.15, 0.2) is 11.6 Å². The molecule has 7 nitrogen and oxygen atoms in total. The fourth-order valence-corrected chi connectivity index (χ4v) is 2.89. The smallest absolute Gasteiger partial charge is 0.274 e. The summed E-state index contributed by atoms with van der Waals surface area (Å²) in [6, 6.07) is 16.2. The van der Waals surface area contributed by atoms with Gasteiger partial charge < -0.3 is 14.5 Å². The number of furan rings is 1. The van der Waals surface area contributed by atoms with E-state index in [0.29, 0.717) is 17.3 Å². The van der Waals surface area contributed by atoms with Crippen molar-refractivity contribution in [2.45, 2.75) is 12.6 Å². The summed E-state index contributed by atoms with van der Waals surface area (Å²) in [7, 11) is 0. The van der Waals surface area contributed by atoms with Gasteiger partial charge in [-0.05, 0) is 24.3 Å². The lowest BCUT2D eigenvalue weighted by Crippen LogP contribution is -2.46. The molecule has 2 amide bonds. The van der Waals surface area contributed by atoms with E-state index in [0.717, 1.165) is 5.56 Å². The predicted molar refractivity (Wildman–Crippen MR) is 97.0 cm³/mol. The largest absolute Gasteiger partial charge is 0.472 e. The molecule has 0 saturated carbocycles. The number of aromatic nitrogens is 1. The first-order valence-electron chi connectivity index (χ1n) is 8.49. The van der Waals surface area contributed by atoms with E-state index in [1.807, 2.05) is 30.3 Å². The molecular formula is C20H17N3O4. The van der Waals surface area contributed by atoms with Crippen LogP contribution in [0.1, 0.15) is 17.4 Å². The molecule has 0 aliphatic carbocycles. The number of carbonyl (C=O) groups is 2. The highest BCUT2D eigenvalue weighted by Crippen LogP contribution is 2.36. The monoisotopic (exact) mass is 363 g/mol. The normalized spacial score (nSPS) is 15.8. The van der Waals surface area contributed by atoms with E-state index in [1.165, 1.54) is 11.2 Å². The van der Waals surface area contributed by atoms with E-state index in [9.17, 15) is 9.59 Å². The van der Waals surface area contributed by atoms with Crippen LogP contribution in [-0.2, 0) is 16.1 Å². The Labute approximate surface area is 155 Å². The Morgan fingerprint density at radius 3 is 2.74 bits per heavy atom. The molecule has 3 aromatic rings. The lowest BCUT2D eigenvalue weighted by atomic mass is 10.1. The number of fused-ring (bicyclic) bond motifs is 1. The van der Waals surface area contributed by atoms with Crippen molar-refractivity contribution >= 4 is 17.6 Å². The highest BCUT2D eigenvalue weighted by molar-refractivity contribution is 6.03. The number of carbonyl (C=O) groups excluding carboxylic acids is 2. The van der Waals surface area contributed by atoms with Crippen molar-refractivity contribution in [3.8, 4) is 5.75 Å². The summed E-state index contributed by atoms with van der Waals surface area (Å²) < 4.78 is 11.1. The third-order valence-corrected chi connectivity index (χ3v) is 4.19. The molecular weight excluding hydrogens is 346 g/mol. The minimum atomic E-state index is -0.819. The zero-order valence-corrected chi connectivity index (χ0v) is 14.4. The lowest BCUT2D eigenvalue weighted by Gasteiger charge is -2.33. The van der Waals surface area contributed by atoms with Crippen molar-refractivity contribution in [3.05, 3.63) is 78.4 Å². The first-order chi connectivity index (χ1) is 13.2. The van der Waals surface area contributed by atoms with Gasteiger partial charge in [-0.15, -0.1) is 0 Å². The second kappa shape index (κ2) is 7.33. The molecule has 0 spiro atoms. The van der Waals surface area contributed by atoms with Gasteiger partial charge in [-0.25, -0.2) is 4.98 Å². The van der Waals surface area contributed by atoms with Gasteiger partial charge in [-0.1, -0.05) is 30.3 Å². The molecule has 0 saturated heterocycles. The van der Waals surface area contributed by atoms with E-state index < -0.39 is 6.10 Å².